The lowest BCUT2D eigenvalue weighted by atomic mass is 9.95. The molecule has 36 heavy (non-hydrogen) atoms. The Bertz CT molecular complexity index is 1280. The molecule has 0 radical (unpaired) electrons. The first-order chi connectivity index (χ1) is 16.8. The maximum atomic E-state index is 15.6. The van der Waals surface area contributed by atoms with Gasteiger partial charge in [0.1, 0.15) is 18.5 Å². The van der Waals surface area contributed by atoms with E-state index in [0.29, 0.717) is 4.90 Å². The van der Waals surface area contributed by atoms with E-state index in [2.05, 4.69) is 0 Å². The Balaban J connectivity index is 1.86. The van der Waals surface area contributed by atoms with Crippen LogP contribution in [0.3, 0.4) is 0 Å². The van der Waals surface area contributed by atoms with Crippen LogP contribution in [-0.4, -0.2) is 74.8 Å². The molecule has 2 atom stereocenters. The number of halogens is 6. The number of benzene rings is 2. The highest BCUT2D eigenvalue weighted by atomic mass is 32.2. The minimum absolute atomic E-state index is 0.0335. The van der Waals surface area contributed by atoms with Crippen molar-refractivity contribution >= 4 is 16.1 Å². The Labute approximate surface area is 202 Å². The van der Waals surface area contributed by atoms with Crippen molar-refractivity contribution in [2.75, 3.05) is 26.7 Å². The highest BCUT2D eigenvalue weighted by Gasteiger charge is 2.58. The molecule has 1 N–H and O–H groups in total. The third kappa shape index (κ3) is 4.71. The molecule has 2 amide bonds. The number of sulfonamides is 1. The topological polar surface area (TPSA) is 79.0 Å². The molecule has 0 spiro atoms. The number of nitrogens with one attached hydrogen (secondary N) is 1. The van der Waals surface area contributed by atoms with Gasteiger partial charge in [-0.15, -0.1) is 0 Å². The van der Waals surface area contributed by atoms with Gasteiger partial charge in [0.25, 0.3) is 15.9 Å². The molecule has 1 fully saturated rings. The predicted octanol–water partition coefficient (Wildman–Crippen LogP) is 3.45. The van der Waals surface area contributed by atoms with Crippen LogP contribution in [0.15, 0.2) is 36.4 Å². The van der Waals surface area contributed by atoms with Gasteiger partial charge < -0.3 is 14.5 Å². The Kier molecular flexibility index (Phi) is 6.86. The number of hydrogen-bond donors (Lipinski definition) is 1. The quantitative estimate of drug-likeness (QED) is 0.609. The number of fused-ring (bicyclic) bond motifs is 5. The molecule has 14 heteroatoms. The van der Waals surface area contributed by atoms with Crippen LogP contribution in [0.25, 0.3) is 11.1 Å². The van der Waals surface area contributed by atoms with Crippen molar-refractivity contribution in [2.24, 2.45) is 0 Å². The molecule has 0 saturated carbocycles. The van der Waals surface area contributed by atoms with Crippen molar-refractivity contribution < 1.29 is 44.3 Å². The number of nitrogens with zero attached hydrogens (tertiary/aromatic N) is 2. The molecule has 2 bridgehead atoms. The lowest BCUT2D eigenvalue weighted by Gasteiger charge is -2.31. The van der Waals surface area contributed by atoms with E-state index in [1.165, 1.54) is 42.1 Å². The van der Waals surface area contributed by atoms with E-state index in [4.69, 9.17) is 4.74 Å². The molecule has 196 valence electrons. The first kappa shape index (κ1) is 26.1. The summed E-state index contributed by atoms with van der Waals surface area (Å²) in [6, 6.07) is 2.56. The zero-order valence-corrected chi connectivity index (χ0v) is 19.5. The van der Waals surface area contributed by atoms with Gasteiger partial charge in [0.05, 0.1) is 19.1 Å². The SMILES string of the molecule is CN1CCOc2c(F)cccc2-c2cccc(c2F)CC2C(NS(=O)(=O)C(F)F)C(F)(F)CN2C1=O. The molecule has 2 aromatic rings. The minimum atomic E-state index is -5.49. The van der Waals surface area contributed by atoms with Gasteiger partial charge in [-0.3, -0.25) is 0 Å². The smallest absolute Gasteiger partial charge is 0.350 e. The number of rotatable bonds is 3. The molecule has 2 aromatic carbocycles. The average molecular weight is 537 g/mol. The molecule has 2 aliphatic heterocycles. The summed E-state index contributed by atoms with van der Waals surface area (Å²) in [4.78, 5) is 14.7. The molecule has 4 rings (SSSR count). The van der Waals surface area contributed by atoms with Crippen LogP contribution in [0.4, 0.5) is 31.1 Å². The van der Waals surface area contributed by atoms with E-state index >= 15 is 4.39 Å². The van der Waals surface area contributed by atoms with Gasteiger partial charge in [-0.1, -0.05) is 30.3 Å². The van der Waals surface area contributed by atoms with Gasteiger partial charge in [-0.05, 0) is 18.1 Å². The van der Waals surface area contributed by atoms with Crippen LogP contribution in [0, 0.1) is 11.6 Å². The van der Waals surface area contributed by atoms with Crippen LogP contribution >= 0.6 is 0 Å². The maximum absolute atomic E-state index is 15.6. The largest absolute Gasteiger partial charge is 0.488 e. The fourth-order valence-corrected chi connectivity index (χ4v) is 5.16. The van der Waals surface area contributed by atoms with Gasteiger partial charge in [-0.25, -0.2) is 30.8 Å². The summed E-state index contributed by atoms with van der Waals surface area (Å²) in [7, 11) is -4.24. The number of alkyl halides is 4. The van der Waals surface area contributed by atoms with E-state index in [1.807, 2.05) is 0 Å². The van der Waals surface area contributed by atoms with E-state index < -0.39 is 64.4 Å². The van der Waals surface area contributed by atoms with Crippen molar-refractivity contribution in [2.45, 2.75) is 30.2 Å². The van der Waals surface area contributed by atoms with E-state index in [0.717, 1.165) is 11.0 Å². The predicted molar refractivity (Wildman–Crippen MR) is 116 cm³/mol. The normalized spacial score (nSPS) is 22.3. The van der Waals surface area contributed by atoms with Crippen molar-refractivity contribution in [1.29, 1.82) is 0 Å². The van der Waals surface area contributed by atoms with Crippen LogP contribution < -0.4 is 9.46 Å². The fourth-order valence-electron chi connectivity index (χ4n) is 4.37. The summed E-state index contributed by atoms with van der Waals surface area (Å²) in [6.45, 7) is -1.78. The van der Waals surface area contributed by atoms with Crippen LogP contribution in [-0.2, 0) is 16.4 Å². The number of urea groups is 1. The lowest BCUT2D eigenvalue weighted by Crippen LogP contribution is -2.54. The number of likely N-dealkylation sites (N-methyl/N-ethyl adjacent to an activating group) is 1. The molecule has 2 unspecified atom stereocenters. The van der Waals surface area contributed by atoms with E-state index in [9.17, 15) is 35.2 Å². The molecular weight excluding hydrogens is 516 g/mol. The molecule has 7 nitrogen and oxygen atoms in total. The third-order valence-corrected chi connectivity index (χ3v) is 7.21. The van der Waals surface area contributed by atoms with Gasteiger partial charge in [-0.2, -0.15) is 13.5 Å². The number of ether oxygens (including phenoxy) is 1. The van der Waals surface area contributed by atoms with Crippen molar-refractivity contribution in [3.8, 4) is 16.9 Å². The summed E-state index contributed by atoms with van der Waals surface area (Å²) in [5.74, 6) is -9.95. The summed E-state index contributed by atoms with van der Waals surface area (Å²) >= 11 is 0. The fraction of sp³-hybridized carbons (Fsp3) is 0.409. The molecule has 0 aromatic heterocycles. The number of carbonyl (C=O) groups is 1. The van der Waals surface area contributed by atoms with Crippen molar-refractivity contribution in [3.63, 3.8) is 0 Å². The standard InChI is InChI=1S/C22H21F6N3O4S/c1-30-8-9-35-18-14(6-3-7-15(18)23)13-5-2-4-12(17(13)24)10-16-19(29-36(33,34)20(25)26)22(27,28)11-31(16)21(30)32/h2-7,16,19-20,29H,8-11H2,1H3. The summed E-state index contributed by atoms with van der Waals surface area (Å²) in [5, 5.41) is 0. The van der Waals surface area contributed by atoms with E-state index in [-0.39, 0.29) is 35.6 Å². The van der Waals surface area contributed by atoms with Crippen LogP contribution in [0.5, 0.6) is 5.75 Å². The number of para-hydroxylation sites is 1. The minimum Gasteiger partial charge on any atom is -0.488 e. The monoisotopic (exact) mass is 537 g/mol. The second-order valence-corrected chi connectivity index (χ2v) is 10.2. The Morgan fingerprint density at radius 2 is 1.78 bits per heavy atom. The highest BCUT2D eigenvalue weighted by molar-refractivity contribution is 7.89. The second kappa shape index (κ2) is 9.47. The van der Waals surface area contributed by atoms with E-state index in [1.54, 1.807) is 0 Å². The first-order valence-corrected chi connectivity index (χ1v) is 12.3. The molecule has 2 heterocycles. The zero-order valence-electron chi connectivity index (χ0n) is 18.7. The molecular formula is C22H21F6N3O4S. The van der Waals surface area contributed by atoms with Gasteiger partial charge in [0.2, 0.25) is 0 Å². The van der Waals surface area contributed by atoms with Crippen LogP contribution in [0.1, 0.15) is 5.56 Å². The highest BCUT2D eigenvalue weighted by Crippen LogP contribution is 2.39. The maximum Gasteiger partial charge on any atom is 0.350 e. The zero-order chi connectivity index (χ0) is 26.4. The van der Waals surface area contributed by atoms with Gasteiger partial charge >= 0.3 is 11.8 Å². The molecule has 1 saturated heterocycles. The Morgan fingerprint density at radius 3 is 2.47 bits per heavy atom. The van der Waals surface area contributed by atoms with Gasteiger partial charge in [0, 0.05) is 18.2 Å². The van der Waals surface area contributed by atoms with Crippen molar-refractivity contribution in [1.82, 2.24) is 14.5 Å². The Hall–Kier alpha value is -3.00. The average Bonchev–Trinajstić information content (AvgIpc) is 3.04. The molecule has 2 aliphatic rings. The van der Waals surface area contributed by atoms with Crippen molar-refractivity contribution in [3.05, 3.63) is 53.6 Å². The number of hydrogen-bond acceptors (Lipinski definition) is 4. The summed E-state index contributed by atoms with van der Waals surface area (Å²) < 4.78 is 117. The summed E-state index contributed by atoms with van der Waals surface area (Å²) in [6.07, 6.45) is -0.642. The number of amides is 2. The second-order valence-electron chi connectivity index (χ2n) is 8.51. The van der Waals surface area contributed by atoms with Crippen LogP contribution in [0.2, 0.25) is 0 Å². The third-order valence-electron chi connectivity index (χ3n) is 6.16. The lowest BCUT2D eigenvalue weighted by molar-refractivity contribution is -0.00554. The summed E-state index contributed by atoms with van der Waals surface area (Å²) in [5.41, 5.74) is -0.306. The molecule has 0 aliphatic carbocycles. The first-order valence-electron chi connectivity index (χ1n) is 10.7. The van der Waals surface area contributed by atoms with Gasteiger partial charge in [0.15, 0.2) is 11.6 Å². The Morgan fingerprint density at radius 1 is 1.11 bits per heavy atom. The number of carbonyl (C=O) groups excluding carboxylic acids is 1.